The van der Waals surface area contributed by atoms with Crippen molar-refractivity contribution < 1.29 is 9.90 Å². The molecule has 0 amide bonds. The maximum absolute atomic E-state index is 10.5. The molecule has 0 fully saturated rings. The summed E-state index contributed by atoms with van der Waals surface area (Å²) >= 11 is 0. The van der Waals surface area contributed by atoms with Crippen molar-refractivity contribution in [3.63, 3.8) is 0 Å². The Morgan fingerprint density at radius 1 is 1.35 bits per heavy atom. The number of anilines is 1. The second kappa shape index (κ2) is 6.04. The summed E-state index contributed by atoms with van der Waals surface area (Å²) in [6.07, 6.45) is 1.47. The molecule has 10 nitrogen and oxygen atoms in total. The number of carboxylic acid groups (broad SMARTS) is 1. The molecular weight excluding hydrogens is 268 g/mol. The van der Waals surface area contributed by atoms with Crippen LogP contribution in [0.15, 0.2) is 28.6 Å². The Hall–Kier alpha value is -3.30. The molecule has 0 unspecified atom stereocenters. The minimum atomic E-state index is -1.34. The van der Waals surface area contributed by atoms with E-state index < -0.39 is 22.9 Å². The smallest absolute Gasteiger partial charge is 0.352 e. The van der Waals surface area contributed by atoms with Gasteiger partial charge in [-0.1, -0.05) is 6.58 Å². The van der Waals surface area contributed by atoms with Crippen molar-refractivity contribution in [2.24, 2.45) is 5.73 Å². The Labute approximate surface area is 111 Å². The summed E-state index contributed by atoms with van der Waals surface area (Å²) in [5.41, 5.74) is 9.71. The zero-order valence-corrected chi connectivity index (χ0v) is 10.1. The summed E-state index contributed by atoms with van der Waals surface area (Å²) in [5, 5.41) is 8.31. The number of imidazole rings is 1. The van der Waals surface area contributed by atoms with E-state index in [1.54, 1.807) is 0 Å². The Bertz CT molecular complexity index is 712. The second-order valence-electron chi connectivity index (χ2n) is 3.49. The van der Waals surface area contributed by atoms with Crippen molar-refractivity contribution >= 4 is 17.5 Å². The number of aromatic carboxylic acids is 1. The van der Waals surface area contributed by atoms with Crippen molar-refractivity contribution in [1.29, 1.82) is 0 Å². The topological polar surface area (TPSA) is 184 Å². The third kappa shape index (κ3) is 3.87. The zero-order chi connectivity index (χ0) is 15.3. The van der Waals surface area contributed by atoms with Gasteiger partial charge >= 0.3 is 11.7 Å². The van der Waals surface area contributed by atoms with E-state index in [0.717, 1.165) is 6.07 Å². The molecule has 20 heavy (non-hydrogen) atoms. The zero-order valence-electron chi connectivity index (χ0n) is 10.1. The van der Waals surface area contributed by atoms with Gasteiger partial charge in [0.15, 0.2) is 5.82 Å². The predicted octanol–water partition coefficient (Wildman–Crippen LogP) is -1.32. The molecule has 106 valence electrons. The highest BCUT2D eigenvalue weighted by Gasteiger charge is 2.03. The fourth-order valence-corrected chi connectivity index (χ4v) is 1.15. The van der Waals surface area contributed by atoms with Gasteiger partial charge < -0.3 is 26.5 Å². The number of aromatic amines is 3. The van der Waals surface area contributed by atoms with Gasteiger partial charge in [0.2, 0.25) is 0 Å². The molecule has 2 aromatic rings. The van der Waals surface area contributed by atoms with Crippen molar-refractivity contribution in [3.05, 3.63) is 51.2 Å². The van der Waals surface area contributed by atoms with Crippen molar-refractivity contribution in [3.8, 4) is 0 Å². The molecule has 0 spiro atoms. The van der Waals surface area contributed by atoms with Gasteiger partial charge in [0.25, 0.3) is 5.56 Å². The van der Waals surface area contributed by atoms with Gasteiger partial charge in [-0.2, -0.15) is 0 Å². The minimum absolute atomic E-state index is 0.391. The molecule has 0 saturated heterocycles. The molecule has 0 bridgehead atoms. The molecule has 0 aliphatic carbocycles. The molecular formula is C10H12N6O4. The van der Waals surface area contributed by atoms with Gasteiger partial charge in [0.05, 0.1) is 12.0 Å². The van der Waals surface area contributed by atoms with Crippen LogP contribution in [0.4, 0.5) is 5.82 Å². The molecule has 10 heteroatoms. The molecule has 2 rings (SSSR count). The Kier molecular flexibility index (Phi) is 4.46. The number of H-pyrrole nitrogens is 3. The SMILES string of the molecule is C=C(N)c1[nH]cnc1N.O=C(O)c1cc(=O)[nH]c(=O)[nH]1. The summed E-state index contributed by atoms with van der Waals surface area (Å²) in [4.78, 5) is 41.3. The normalized spacial score (nSPS) is 9.40. The summed E-state index contributed by atoms with van der Waals surface area (Å²) in [6.45, 7) is 3.48. The molecule has 8 N–H and O–H groups in total. The number of nitrogens with two attached hydrogens (primary N) is 2. The number of aromatic nitrogens is 4. The van der Waals surface area contributed by atoms with Crippen LogP contribution in [0.5, 0.6) is 0 Å². The van der Waals surface area contributed by atoms with E-state index in [9.17, 15) is 14.4 Å². The Morgan fingerprint density at radius 2 is 2.00 bits per heavy atom. The van der Waals surface area contributed by atoms with E-state index in [1.807, 2.05) is 9.97 Å². The van der Waals surface area contributed by atoms with E-state index >= 15 is 0 Å². The first-order chi connectivity index (χ1) is 9.31. The third-order valence-corrected chi connectivity index (χ3v) is 1.98. The van der Waals surface area contributed by atoms with Gasteiger partial charge in [0, 0.05) is 6.07 Å². The molecule has 0 aliphatic heterocycles. The number of carboxylic acids is 1. The maximum atomic E-state index is 10.5. The van der Waals surface area contributed by atoms with E-state index in [4.69, 9.17) is 16.6 Å². The number of nitrogens with zero attached hydrogens (tertiary/aromatic N) is 1. The Balaban J connectivity index is 0.000000204. The van der Waals surface area contributed by atoms with Crippen LogP contribution < -0.4 is 22.7 Å². The predicted molar refractivity (Wildman–Crippen MR) is 70.9 cm³/mol. The van der Waals surface area contributed by atoms with Crippen LogP contribution in [0.1, 0.15) is 16.2 Å². The van der Waals surface area contributed by atoms with E-state index in [2.05, 4.69) is 16.5 Å². The van der Waals surface area contributed by atoms with Crippen LogP contribution in [0, 0.1) is 0 Å². The molecule has 0 radical (unpaired) electrons. The van der Waals surface area contributed by atoms with Gasteiger partial charge in [-0.05, 0) is 0 Å². The van der Waals surface area contributed by atoms with Crippen LogP contribution in [0.25, 0.3) is 5.70 Å². The number of hydrogen-bond donors (Lipinski definition) is 6. The third-order valence-electron chi connectivity index (χ3n) is 1.98. The number of hydrogen-bond acceptors (Lipinski definition) is 6. The number of nitrogen functional groups attached to an aromatic ring is 1. The van der Waals surface area contributed by atoms with Gasteiger partial charge in [-0.25, -0.2) is 14.6 Å². The average Bonchev–Trinajstić information content (AvgIpc) is 2.75. The van der Waals surface area contributed by atoms with Crippen LogP contribution in [-0.2, 0) is 0 Å². The van der Waals surface area contributed by atoms with Gasteiger partial charge in [-0.15, -0.1) is 0 Å². The van der Waals surface area contributed by atoms with Gasteiger partial charge in [0.1, 0.15) is 11.4 Å². The van der Waals surface area contributed by atoms with E-state index in [1.165, 1.54) is 6.33 Å². The summed E-state index contributed by atoms with van der Waals surface area (Å²) in [6, 6.07) is 0.795. The van der Waals surface area contributed by atoms with Crippen molar-refractivity contribution in [2.45, 2.75) is 0 Å². The molecule has 2 aromatic heterocycles. The van der Waals surface area contributed by atoms with E-state index in [-0.39, 0.29) is 0 Å². The molecule has 0 aliphatic rings. The number of rotatable bonds is 2. The van der Waals surface area contributed by atoms with E-state index in [0.29, 0.717) is 17.2 Å². The fraction of sp³-hybridized carbons (Fsp3) is 0. The lowest BCUT2D eigenvalue weighted by Gasteiger charge is -1.92. The van der Waals surface area contributed by atoms with Crippen LogP contribution >= 0.6 is 0 Å². The van der Waals surface area contributed by atoms with Crippen LogP contribution in [0.3, 0.4) is 0 Å². The van der Waals surface area contributed by atoms with Crippen LogP contribution in [0.2, 0.25) is 0 Å². The second-order valence-corrected chi connectivity index (χ2v) is 3.49. The highest BCUT2D eigenvalue weighted by atomic mass is 16.4. The summed E-state index contributed by atoms with van der Waals surface area (Å²) in [5.74, 6) is -0.948. The summed E-state index contributed by atoms with van der Waals surface area (Å²) in [7, 11) is 0. The maximum Gasteiger partial charge on any atom is 0.352 e. The first kappa shape index (κ1) is 14.8. The average molecular weight is 280 g/mol. The van der Waals surface area contributed by atoms with Crippen molar-refractivity contribution in [1.82, 2.24) is 19.9 Å². The highest BCUT2D eigenvalue weighted by Crippen LogP contribution is 2.08. The molecule has 0 aromatic carbocycles. The summed E-state index contributed by atoms with van der Waals surface area (Å²) < 4.78 is 0. The fourth-order valence-electron chi connectivity index (χ4n) is 1.15. The first-order valence-corrected chi connectivity index (χ1v) is 5.11. The standard InChI is InChI=1S/C5H8N4.C5H4N2O4/c1-3(6)4-5(7)9-2-8-4;8-3-1-2(4(9)10)6-5(11)7-3/h2H,1,6-7H2,(H,8,9);1H,(H,9,10)(H2,6,7,8,11). The van der Waals surface area contributed by atoms with Crippen molar-refractivity contribution in [2.75, 3.05) is 5.73 Å². The number of nitrogens with one attached hydrogen (secondary N) is 3. The van der Waals surface area contributed by atoms with Crippen LogP contribution in [-0.4, -0.2) is 31.0 Å². The largest absolute Gasteiger partial charge is 0.477 e. The lowest BCUT2D eigenvalue weighted by atomic mass is 10.4. The molecule has 2 heterocycles. The van der Waals surface area contributed by atoms with Gasteiger partial charge in [-0.3, -0.25) is 9.78 Å². The molecule has 0 atom stereocenters. The first-order valence-electron chi connectivity index (χ1n) is 5.11. The molecule has 0 saturated carbocycles. The lowest BCUT2D eigenvalue weighted by Crippen LogP contribution is -2.24. The lowest BCUT2D eigenvalue weighted by molar-refractivity contribution is 0.0689. The number of carbonyl (C=O) groups is 1. The monoisotopic (exact) mass is 280 g/mol. The minimum Gasteiger partial charge on any atom is -0.477 e. The quantitative estimate of drug-likeness (QED) is 0.394. The highest BCUT2D eigenvalue weighted by molar-refractivity contribution is 5.84. The Morgan fingerprint density at radius 3 is 2.35 bits per heavy atom.